The van der Waals surface area contributed by atoms with Crippen molar-refractivity contribution in [3.8, 4) is 0 Å². The minimum absolute atomic E-state index is 0.389. The molecule has 0 radical (unpaired) electrons. The Hall–Kier alpha value is -2.17. The number of hydrogen-bond acceptors (Lipinski definition) is 3. The van der Waals surface area contributed by atoms with Gasteiger partial charge in [-0.05, 0) is 31.1 Å². The third-order valence-corrected chi connectivity index (χ3v) is 3.57. The molecule has 0 spiro atoms. The summed E-state index contributed by atoms with van der Waals surface area (Å²) >= 11 is 0. The molecule has 1 aliphatic carbocycles. The Morgan fingerprint density at radius 1 is 1.25 bits per heavy atom. The second kappa shape index (κ2) is 6.32. The number of carboxylic acids is 1. The summed E-state index contributed by atoms with van der Waals surface area (Å²) < 4.78 is 0. The van der Waals surface area contributed by atoms with Crippen molar-refractivity contribution in [3.63, 3.8) is 0 Å². The Balaban J connectivity index is 2.02. The van der Waals surface area contributed by atoms with Gasteiger partial charge in [0.2, 0.25) is 5.91 Å². The van der Waals surface area contributed by atoms with Crippen molar-refractivity contribution in [2.45, 2.75) is 37.6 Å². The van der Waals surface area contributed by atoms with Crippen LogP contribution >= 0.6 is 0 Å². The summed E-state index contributed by atoms with van der Waals surface area (Å²) in [7, 11) is 0. The van der Waals surface area contributed by atoms with E-state index >= 15 is 0 Å². The van der Waals surface area contributed by atoms with E-state index in [1.807, 2.05) is 6.07 Å². The standard InChI is InChI=1S/C15H18N2O3/c18-13(8-7-12-6-2-5-11-16-12)17-15(14(19)20)9-3-1-4-10-15/h2,5-8,11H,1,3-4,9-10H2,(H,17,18)(H,19,20). The lowest BCUT2D eigenvalue weighted by Crippen LogP contribution is -2.55. The van der Waals surface area contributed by atoms with E-state index < -0.39 is 11.5 Å². The number of nitrogens with one attached hydrogen (secondary N) is 1. The van der Waals surface area contributed by atoms with Gasteiger partial charge >= 0.3 is 5.97 Å². The fourth-order valence-corrected chi connectivity index (χ4v) is 2.46. The van der Waals surface area contributed by atoms with Gasteiger partial charge < -0.3 is 10.4 Å². The second-order valence-electron chi connectivity index (χ2n) is 5.03. The molecule has 1 aromatic rings. The van der Waals surface area contributed by atoms with Gasteiger partial charge in [-0.15, -0.1) is 0 Å². The van der Waals surface area contributed by atoms with E-state index in [4.69, 9.17) is 0 Å². The van der Waals surface area contributed by atoms with Gasteiger partial charge in [-0.1, -0.05) is 25.3 Å². The van der Waals surface area contributed by atoms with Crippen molar-refractivity contribution in [3.05, 3.63) is 36.2 Å². The third-order valence-electron chi connectivity index (χ3n) is 3.57. The summed E-state index contributed by atoms with van der Waals surface area (Å²) in [5.41, 5.74) is -0.445. The number of nitrogens with zero attached hydrogens (tertiary/aromatic N) is 1. The predicted molar refractivity (Wildman–Crippen MR) is 74.9 cm³/mol. The molecule has 106 valence electrons. The first-order chi connectivity index (χ1) is 9.62. The molecule has 2 N–H and O–H groups in total. The number of rotatable bonds is 4. The van der Waals surface area contributed by atoms with Gasteiger partial charge in [-0.25, -0.2) is 4.79 Å². The van der Waals surface area contributed by atoms with Crippen LogP contribution in [0, 0.1) is 0 Å². The van der Waals surface area contributed by atoms with Crippen LogP contribution in [0.5, 0.6) is 0 Å². The number of pyridine rings is 1. The van der Waals surface area contributed by atoms with Gasteiger partial charge in [0.25, 0.3) is 0 Å². The zero-order valence-electron chi connectivity index (χ0n) is 11.2. The first-order valence-corrected chi connectivity index (χ1v) is 6.77. The van der Waals surface area contributed by atoms with Crippen LogP contribution in [0.3, 0.4) is 0 Å². The summed E-state index contributed by atoms with van der Waals surface area (Å²) in [4.78, 5) is 27.4. The molecule has 1 aliphatic rings. The maximum atomic E-state index is 11.9. The number of amides is 1. The quantitative estimate of drug-likeness (QED) is 0.823. The molecular formula is C15H18N2O3. The average Bonchev–Trinajstić information content (AvgIpc) is 2.47. The first kappa shape index (κ1) is 14.2. The summed E-state index contributed by atoms with van der Waals surface area (Å²) in [5, 5.41) is 12.0. The van der Waals surface area contributed by atoms with Crippen LogP contribution in [0.1, 0.15) is 37.8 Å². The Kier molecular flexibility index (Phi) is 4.50. The van der Waals surface area contributed by atoms with Crippen molar-refractivity contribution in [1.82, 2.24) is 10.3 Å². The molecule has 1 amide bonds. The predicted octanol–water partition coefficient (Wildman–Crippen LogP) is 2.00. The third kappa shape index (κ3) is 3.44. The molecule has 0 atom stereocenters. The minimum atomic E-state index is -1.11. The van der Waals surface area contributed by atoms with Crippen LogP contribution < -0.4 is 5.32 Å². The monoisotopic (exact) mass is 274 g/mol. The second-order valence-corrected chi connectivity index (χ2v) is 5.03. The molecule has 20 heavy (non-hydrogen) atoms. The summed E-state index contributed by atoms with van der Waals surface area (Å²) in [6, 6.07) is 5.39. The first-order valence-electron chi connectivity index (χ1n) is 6.77. The lowest BCUT2D eigenvalue weighted by Gasteiger charge is -2.33. The molecule has 0 unspecified atom stereocenters. The SMILES string of the molecule is O=C(C=Cc1ccccn1)NC1(C(=O)O)CCCCC1. The topological polar surface area (TPSA) is 79.3 Å². The van der Waals surface area contributed by atoms with Crippen molar-refractivity contribution in [2.75, 3.05) is 0 Å². The highest BCUT2D eigenvalue weighted by Gasteiger charge is 2.40. The molecular weight excluding hydrogens is 256 g/mol. The van der Waals surface area contributed by atoms with Gasteiger partial charge in [0.15, 0.2) is 0 Å². The van der Waals surface area contributed by atoms with Crippen molar-refractivity contribution in [2.24, 2.45) is 0 Å². The van der Waals surface area contributed by atoms with Crippen molar-refractivity contribution >= 4 is 18.0 Å². The van der Waals surface area contributed by atoms with Crippen LogP contribution in [-0.4, -0.2) is 27.5 Å². The van der Waals surface area contributed by atoms with Crippen LogP contribution in [-0.2, 0) is 9.59 Å². The normalized spacial score (nSPS) is 17.8. The van der Waals surface area contributed by atoms with Gasteiger partial charge in [-0.3, -0.25) is 9.78 Å². The number of carbonyl (C=O) groups excluding carboxylic acids is 1. The molecule has 1 saturated carbocycles. The Morgan fingerprint density at radius 3 is 2.60 bits per heavy atom. The van der Waals surface area contributed by atoms with Crippen molar-refractivity contribution < 1.29 is 14.7 Å². The molecule has 0 aliphatic heterocycles. The lowest BCUT2D eigenvalue weighted by molar-refractivity contribution is -0.148. The molecule has 0 saturated heterocycles. The summed E-state index contributed by atoms with van der Waals surface area (Å²) in [6.45, 7) is 0. The van der Waals surface area contributed by atoms with Crippen LogP contribution in [0.25, 0.3) is 6.08 Å². The van der Waals surface area contributed by atoms with E-state index in [-0.39, 0.29) is 5.91 Å². The molecule has 0 aromatic carbocycles. The maximum Gasteiger partial charge on any atom is 0.329 e. The molecule has 5 nitrogen and oxygen atoms in total. The number of carboxylic acid groups (broad SMARTS) is 1. The highest BCUT2D eigenvalue weighted by molar-refractivity contribution is 5.95. The van der Waals surface area contributed by atoms with E-state index in [0.29, 0.717) is 18.5 Å². The van der Waals surface area contributed by atoms with Crippen LogP contribution in [0.15, 0.2) is 30.5 Å². The van der Waals surface area contributed by atoms with E-state index in [1.165, 1.54) is 6.08 Å². The maximum absolute atomic E-state index is 11.9. The molecule has 1 heterocycles. The van der Waals surface area contributed by atoms with E-state index in [9.17, 15) is 14.7 Å². The Bertz CT molecular complexity index is 505. The van der Waals surface area contributed by atoms with Crippen LogP contribution in [0.4, 0.5) is 0 Å². The fraction of sp³-hybridized carbons (Fsp3) is 0.400. The van der Waals surface area contributed by atoms with Gasteiger partial charge in [0, 0.05) is 12.3 Å². The molecule has 0 bridgehead atoms. The number of carbonyl (C=O) groups is 2. The zero-order valence-corrected chi connectivity index (χ0v) is 11.2. The average molecular weight is 274 g/mol. The van der Waals surface area contributed by atoms with Crippen LogP contribution in [0.2, 0.25) is 0 Å². The minimum Gasteiger partial charge on any atom is -0.480 e. The molecule has 2 rings (SSSR count). The highest BCUT2D eigenvalue weighted by Crippen LogP contribution is 2.28. The molecule has 1 aromatic heterocycles. The smallest absolute Gasteiger partial charge is 0.329 e. The fourth-order valence-electron chi connectivity index (χ4n) is 2.46. The largest absolute Gasteiger partial charge is 0.480 e. The summed E-state index contributed by atoms with van der Waals surface area (Å²) in [5.74, 6) is -1.34. The molecule has 1 fully saturated rings. The summed E-state index contributed by atoms with van der Waals surface area (Å²) in [6.07, 6.45) is 8.21. The zero-order chi connectivity index (χ0) is 14.4. The highest BCUT2D eigenvalue weighted by atomic mass is 16.4. The van der Waals surface area contributed by atoms with E-state index in [0.717, 1.165) is 19.3 Å². The number of aliphatic carboxylic acids is 1. The lowest BCUT2D eigenvalue weighted by atomic mass is 9.81. The van der Waals surface area contributed by atoms with E-state index in [2.05, 4.69) is 10.3 Å². The molecule has 5 heteroatoms. The number of aromatic nitrogens is 1. The van der Waals surface area contributed by atoms with Crippen molar-refractivity contribution in [1.29, 1.82) is 0 Å². The Morgan fingerprint density at radius 2 is 2.00 bits per heavy atom. The van der Waals surface area contributed by atoms with Gasteiger partial charge in [-0.2, -0.15) is 0 Å². The van der Waals surface area contributed by atoms with Gasteiger partial charge in [0.1, 0.15) is 5.54 Å². The van der Waals surface area contributed by atoms with Gasteiger partial charge in [0.05, 0.1) is 5.69 Å². The number of hydrogen-bond donors (Lipinski definition) is 2. The van der Waals surface area contributed by atoms with E-state index in [1.54, 1.807) is 24.4 Å². The Labute approximate surface area is 117 Å².